The minimum Gasteiger partial charge on any atom is -0.349 e. The van der Waals surface area contributed by atoms with Crippen molar-refractivity contribution >= 4 is 11.8 Å². The molecule has 0 radical (unpaired) electrons. The normalized spacial score (nSPS) is 23.9. The second-order valence-corrected chi connectivity index (χ2v) is 7.38. The lowest BCUT2D eigenvalue weighted by molar-refractivity contribution is -0.139. The Morgan fingerprint density at radius 1 is 1.36 bits per heavy atom. The third kappa shape index (κ3) is 3.86. The number of rotatable bonds is 4. The minimum absolute atomic E-state index is 0.0124. The third-order valence-corrected chi connectivity index (χ3v) is 5.64. The molecule has 0 spiro atoms. The fourth-order valence-electron chi connectivity index (χ4n) is 3.90. The number of nitrogens with zero attached hydrogens (tertiary/aromatic N) is 1. The van der Waals surface area contributed by atoms with Crippen LogP contribution in [0.5, 0.6) is 0 Å². The van der Waals surface area contributed by atoms with Crippen LogP contribution in [0.25, 0.3) is 0 Å². The Balaban J connectivity index is 1.61. The molecule has 1 aromatic rings. The van der Waals surface area contributed by atoms with E-state index < -0.39 is 0 Å². The Morgan fingerprint density at radius 2 is 2.16 bits per heavy atom. The summed E-state index contributed by atoms with van der Waals surface area (Å²) >= 11 is 0. The second-order valence-electron chi connectivity index (χ2n) is 7.38. The van der Waals surface area contributed by atoms with E-state index in [2.05, 4.69) is 5.32 Å². The van der Waals surface area contributed by atoms with Crippen LogP contribution in [-0.2, 0) is 16.0 Å². The van der Waals surface area contributed by atoms with E-state index in [9.17, 15) is 14.0 Å². The van der Waals surface area contributed by atoms with Gasteiger partial charge in [0, 0.05) is 19.0 Å². The Hall–Kier alpha value is -1.91. The van der Waals surface area contributed by atoms with Gasteiger partial charge < -0.3 is 10.2 Å². The number of fused-ring (bicyclic) bond motifs is 1. The van der Waals surface area contributed by atoms with E-state index in [0.29, 0.717) is 6.54 Å². The molecule has 3 unspecified atom stereocenters. The van der Waals surface area contributed by atoms with Gasteiger partial charge in [0.05, 0.1) is 12.0 Å². The molecule has 2 aliphatic rings. The zero-order valence-electron chi connectivity index (χ0n) is 15.1. The van der Waals surface area contributed by atoms with Gasteiger partial charge in [0.1, 0.15) is 5.82 Å². The summed E-state index contributed by atoms with van der Waals surface area (Å²) in [7, 11) is 0. The number of benzene rings is 1. The Kier molecular flexibility index (Phi) is 5.40. The molecule has 0 saturated carbocycles. The topological polar surface area (TPSA) is 49.4 Å². The zero-order chi connectivity index (χ0) is 18.0. The monoisotopic (exact) mass is 346 g/mol. The van der Waals surface area contributed by atoms with Crippen LogP contribution in [0.3, 0.4) is 0 Å². The molecule has 0 bridgehead atoms. The number of nitrogens with one attached hydrogen (secondary N) is 1. The number of hydrogen-bond acceptors (Lipinski definition) is 2. The van der Waals surface area contributed by atoms with Gasteiger partial charge in [-0.25, -0.2) is 4.39 Å². The molecule has 4 nitrogen and oxygen atoms in total. The van der Waals surface area contributed by atoms with E-state index in [0.717, 1.165) is 49.8 Å². The van der Waals surface area contributed by atoms with Crippen LogP contribution in [-0.4, -0.2) is 29.8 Å². The summed E-state index contributed by atoms with van der Waals surface area (Å²) < 4.78 is 13.3. The van der Waals surface area contributed by atoms with E-state index in [4.69, 9.17) is 0 Å². The summed E-state index contributed by atoms with van der Waals surface area (Å²) in [5.41, 5.74) is 2.01. The summed E-state index contributed by atoms with van der Waals surface area (Å²) in [6, 6.07) is 4.76. The number of piperidine rings is 1. The van der Waals surface area contributed by atoms with Gasteiger partial charge in [-0.15, -0.1) is 0 Å². The molecule has 3 rings (SSSR count). The van der Waals surface area contributed by atoms with Crippen LogP contribution in [0.2, 0.25) is 0 Å². The van der Waals surface area contributed by atoms with Crippen molar-refractivity contribution in [1.82, 2.24) is 10.2 Å². The van der Waals surface area contributed by atoms with Crippen molar-refractivity contribution in [3.8, 4) is 0 Å². The average molecular weight is 346 g/mol. The highest BCUT2D eigenvalue weighted by atomic mass is 19.1. The van der Waals surface area contributed by atoms with Gasteiger partial charge in [-0.05, 0) is 55.4 Å². The maximum atomic E-state index is 13.3. The maximum Gasteiger partial charge on any atom is 0.225 e. The quantitative estimate of drug-likeness (QED) is 0.910. The van der Waals surface area contributed by atoms with Gasteiger partial charge >= 0.3 is 0 Å². The van der Waals surface area contributed by atoms with Gasteiger partial charge in [-0.3, -0.25) is 9.59 Å². The van der Waals surface area contributed by atoms with Crippen LogP contribution >= 0.6 is 0 Å². The van der Waals surface area contributed by atoms with E-state index in [-0.39, 0.29) is 35.5 Å². The number of halogens is 1. The summed E-state index contributed by atoms with van der Waals surface area (Å²) in [5, 5.41) is 3.13. The van der Waals surface area contributed by atoms with Crippen molar-refractivity contribution < 1.29 is 14.0 Å². The van der Waals surface area contributed by atoms with E-state index in [1.165, 1.54) is 6.07 Å². The smallest absolute Gasteiger partial charge is 0.225 e. The maximum absolute atomic E-state index is 13.3. The molecular weight excluding hydrogens is 319 g/mol. The lowest BCUT2D eigenvalue weighted by atomic mass is 9.95. The van der Waals surface area contributed by atoms with Crippen LogP contribution in [0.1, 0.15) is 56.7 Å². The summed E-state index contributed by atoms with van der Waals surface area (Å²) in [5.74, 6) is -0.188. The van der Waals surface area contributed by atoms with Gasteiger partial charge in [-0.1, -0.05) is 19.9 Å². The van der Waals surface area contributed by atoms with Gasteiger partial charge in [-0.2, -0.15) is 0 Å². The molecule has 3 atom stereocenters. The zero-order valence-corrected chi connectivity index (χ0v) is 15.1. The molecular formula is C20H27FN2O2. The minimum atomic E-state index is -0.225. The summed E-state index contributed by atoms with van der Waals surface area (Å²) in [4.78, 5) is 27.0. The second kappa shape index (κ2) is 7.54. The Morgan fingerprint density at radius 3 is 2.92 bits per heavy atom. The molecule has 136 valence electrons. The first-order valence-electron chi connectivity index (χ1n) is 9.37. The first-order valence-corrected chi connectivity index (χ1v) is 9.37. The van der Waals surface area contributed by atoms with Crippen LogP contribution < -0.4 is 5.32 Å². The van der Waals surface area contributed by atoms with Crippen molar-refractivity contribution in [3.63, 3.8) is 0 Å². The highest BCUT2D eigenvalue weighted by Crippen LogP contribution is 2.32. The molecule has 1 fully saturated rings. The van der Waals surface area contributed by atoms with Gasteiger partial charge in [0.15, 0.2) is 0 Å². The molecule has 2 amide bonds. The third-order valence-electron chi connectivity index (χ3n) is 5.64. The lowest BCUT2D eigenvalue weighted by Gasteiger charge is -2.34. The fourth-order valence-corrected chi connectivity index (χ4v) is 3.90. The van der Waals surface area contributed by atoms with Crippen molar-refractivity contribution in [1.29, 1.82) is 0 Å². The predicted molar refractivity (Wildman–Crippen MR) is 94.4 cm³/mol. The molecule has 1 aliphatic heterocycles. The summed E-state index contributed by atoms with van der Waals surface area (Å²) in [6.07, 6.45) is 4.11. The molecule has 25 heavy (non-hydrogen) atoms. The SMILES string of the molecule is CCC(C)C(=O)N1CCCC(C(=O)NC2CCc3cc(F)ccc32)C1. The molecule has 1 aromatic carbocycles. The Labute approximate surface area is 148 Å². The molecule has 0 aromatic heterocycles. The number of amides is 2. The number of likely N-dealkylation sites (tertiary alicyclic amines) is 1. The first-order chi connectivity index (χ1) is 12.0. The van der Waals surface area contributed by atoms with E-state index >= 15 is 0 Å². The van der Waals surface area contributed by atoms with E-state index in [1.807, 2.05) is 18.7 Å². The number of aryl methyl sites for hydroxylation is 1. The van der Waals surface area contributed by atoms with Crippen molar-refractivity contribution in [2.75, 3.05) is 13.1 Å². The summed E-state index contributed by atoms with van der Waals surface area (Å²) in [6.45, 7) is 5.22. The highest BCUT2D eigenvalue weighted by Gasteiger charge is 2.32. The predicted octanol–water partition coefficient (Wildman–Crippen LogP) is 3.21. The molecule has 5 heteroatoms. The van der Waals surface area contributed by atoms with Crippen molar-refractivity contribution in [2.24, 2.45) is 11.8 Å². The van der Waals surface area contributed by atoms with Gasteiger partial charge in [0.25, 0.3) is 0 Å². The largest absolute Gasteiger partial charge is 0.349 e. The van der Waals surface area contributed by atoms with Crippen LogP contribution in [0.4, 0.5) is 4.39 Å². The van der Waals surface area contributed by atoms with Crippen LogP contribution in [0, 0.1) is 17.7 Å². The van der Waals surface area contributed by atoms with Crippen molar-refractivity contribution in [3.05, 3.63) is 35.1 Å². The molecule has 1 aliphatic carbocycles. The number of carbonyl (C=O) groups excluding carboxylic acids is 2. The van der Waals surface area contributed by atoms with Crippen molar-refractivity contribution in [2.45, 2.75) is 52.0 Å². The Bertz CT molecular complexity index is 661. The van der Waals surface area contributed by atoms with Crippen LogP contribution in [0.15, 0.2) is 18.2 Å². The number of carbonyl (C=O) groups is 2. The average Bonchev–Trinajstić information content (AvgIpc) is 3.02. The lowest BCUT2D eigenvalue weighted by Crippen LogP contribution is -2.47. The first kappa shape index (κ1) is 17.9. The standard InChI is InChI=1S/C20H27FN2O2/c1-3-13(2)20(25)23-10-4-5-15(12-23)19(24)22-18-9-6-14-11-16(21)7-8-17(14)18/h7-8,11,13,15,18H,3-6,9-10,12H2,1-2H3,(H,22,24). The van der Waals surface area contributed by atoms with Gasteiger partial charge in [0.2, 0.25) is 11.8 Å². The molecule has 1 N–H and O–H groups in total. The van der Waals surface area contributed by atoms with E-state index in [1.54, 1.807) is 12.1 Å². The molecule has 1 saturated heterocycles. The highest BCUT2D eigenvalue weighted by molar-refractivity contribution is 5.82. The molecule has 1 heterocycles. The number of hydrogen-bond donors (Lipinski definition) is 1. The fraction of sp³-hybridized carbons (Fsp3) is 0.600.